The Morgan fingerprint density at radius 1 is 1.38 bits per heavy atom. The molecular weight excluding hydrogens is 168 g/mol. The normalized spacial score (nSPS) is 38.5. The summed E-state index contributed by atoms with van der Waals surface area (Å²) in [7, 11) is 1.58. The molecule has 72 valence electrons. The van der Waals surface area contributed by atoms with Gasteiger partial charge in [0.1, 0.15) is 5.76 Å². The van der Waals surface area contributed by atoms with Crippen molar-refractivity contribution in [2.75, 3.05) is 7.11 Å². The first-order valence-electron chi connectivity index (χ1n) is 4.68. The van der Waals surface area contributed by atoms with E-state index in [0.717, 1.165) is 18.6 Å². The van der Waals surface area contributed by atoms with Gasteiger partial charge in [-0.1, -0.05) is 0 Å². The van der Waals surface area contributed by atoms with E-state index in [1.807, 2.05) is 0 Å². The maximum absolute atomic E-state index is 11.5. The Hall–Kier alpha value is -0.830. The van der Waals surface area contributed by atoms with E-state index in [4.69, 9.17) is 4.74 Å². The van der Waals surface area contributed by atoms with E-state index in [-0.39, 0.29) is 23.7 Å². The lowest BCUT2D eigenvalue weighted by atomic mass is 9.73. The molecule has 0 unspecified atom stereocenters. The molecule has 0 radical (unpaired) electrons. The van der Waals surface area contributed by atoms with Gasteiger partial charge < -0.3 is 9.84 Å². The second-order valence-corrected chi connectivity index (χ2v) is 3.91. The van der Waals surface area contributed by atoms with Gasteiger partial charge in [0, 0.05) is 17.9 Å². The van der Waals surface area contributed by atoms with E-state index in [1.54, 1.807) is 13.2 Å². The van der Waals surface area contributed by atoms with E-state index >= 15 is 0 Å². The van der Waals surface area contributed by atoms with Crippen LogP contribution >= 0.6 is 0 Å². The van der Waals surface area contributed by atoms with Crippen LogP contribution in [0.1, 0.15) is 19.3 Å². The van der Waals surface area contributed by atoms with E-state index in [2.05, 4.69) is 0 Å². The van der Waals surface area contributed by atoms with Crippen LogP contribution in [0.25, 0.3) is 0 Å². The molecule has 3 atom stereocenters. The van der Waals surface area contributed by atoms with E-state index < -0.39 is 0 Å². The number of hydrogen-bond donors (Lipinski definition) is 1. The number of methoxy groups -OCH3 is 1. The molecule has 2 bridgehead atoms. The number of allylic oxidation sites excluding steroid dienone is 2. The van der Waals surface area contributed by atoms with Crippen molar-refractivity contribution in [3.63, 3.8) is 0 Å². The molecule has 2 aliphatic rings. The van der Waals surface area contributed by atoms with Crippen molar-refractivity contribution >= 4 is 5.78 Å². The lowest BCUT2D eigenvalue weighted by Gasteiger charge is -2.35. The Morgan fingerprint density at radius 2 is 2.08 bits per heavy atom. The number of ether oxygens (including phenoxy) is 1. The highest BCUT2D eigenvalue weighted by atomic mass is 16.5. The van der Waals surface area contributed by atoms with Gasteiger partial charge in [-0.25, -0.2) is 0 Å². The Bertz CT molecular complexity index is 257. The number of rotatable bonds is 1. The van der Waals surface area contributed by atoms with Crippen molar-refractivity contribution in [2.45, 2.75) is 25.4 Å². The van der Waals surface area contributed by atoms with Crippen molar-refractivity contribution < 1.29 is 14.6 Å². The van der Waals surface area contributed by atoms with Crippen LogP contribution in [-0.2, 0) is 9.53 Å². The van der Waals surface area contributed by atoms with Crippen LogP contribution in [-0.4, -0.2) is 24.1 Å². The van der Waals surface area contributed by atoms with E-state index in [9.17, 15) is 9.90 Å². The number of carbonyl (C=O) groups excluding carboxylic acids is 1. The summed E-state index contributed by atoms with van der Waals surface area (Å²) in [6, 6.07) is 0. The number of aliphatic hydroxyl groups is 1. The quantitative estimate of drug-likeness (QED) is 0.654. The van der Waals surface area contributed by atoms with Crippen molar-refractivity contribution in [1.29, 1.82) is 0 Å². The molecule has 0 saturated heterocycles. The second-order valence-electron chi connectivity index (χ2n) is 3.91. The Kier molecular flexibility index (Phi) is 2.12. The van der Waals surface area contributed by atoms with Crippen LogP contribution in [0.15, 0.2) is 11.8 Å². The average Bonchev–Trinajstić information content (AvgIpc) is 2.11. The molecule has 2 aliphatic carbocycles. The van der Waals surface area contributed by atoms with Crippen molar-refractivity contribution in [3.05, 3.63) is 11.8 Å². The molecule has 1 N–H and O–H groups in total. The smallest absolute Gasteiger partial charge is 0.162 e. The maximum Gasteiger partial charge on any atom is 0.162 e. The first kappa shape index (κ1) is 8.75. The molecule has 3 heteroatoms. The molecule has 0 aromatic rings. The molecule has 0 heterocycles. The van der Waals surface area contributed by atoms with Crippen LogP contribution in [0.2, 0.25) is 0 Å². The van der Waals surface area contributed by atoms with Gasteiger partial charge in [-0.05, 0) is 19.3 Å². The number of ketones is 1. The lowest BCUT2D eigenvalue weighted by Crippen LogP contribution is -2.35. The number of fused-ring (bicyclic) bond motifs is 2. The van der Waals surface area contributed by atoms with Crippen LogP contribution in [0.3, 0.4) is 0 Å². The summed E-state index contributed by atoms with van der Waals surface area (Å²) in [4.78, 5) is 11.5. The van der Waals surface area contributed by atoms with Gasteiger partial charge in [0.2, 0.25) is 0 Å². The summed E-state index contributed by atoms with van der Waals surface area (Å²) in [6.45, 7) is 0. The summed E-state index contributed by atoms with van der Waals surface area (Å²) in [5.74, 6) is 1.16. The lowest BCUT2D eigenvalue weighted by molar-refractivity contribution is -0.122. The van der Waals surface area contributed by atoms with Crippen molar-refractivity contribution in [1.82, 2.24) is 0 Å². The first-order valence-corrected chi connectivity index (χ1v) is 4.68. The highest BCUT2D eigenvalue weighted by Gasteiger charge is 2.37. The fraction of sp³-hybridized carbons (Fsp3) is 0.700. The van der Waals surface area contributed by atoms with E-state index in [1.165, 1.54) is 0 Å². The molecule has 3 nitrogen and oxygen atoms in total. The minimum atomic E-state index is -0.327. The largest absolute Gasteiger partial charge is 0.501 e. The standard InChI is InChI=1S/C10H14O3/c1-13-10-5-9(12)6-2-7(10)4-8(11)3-6/h5-8,11H,2-4H2,1H3/t6-,7+,8-/m1/s1. The predicted octanol–water partition coefficient (Wildman–Crippen LogP) is 0.877. The molecule has 0 aliphatic heterocycles. The van der Waals surface area contributed by atoms with Gasteiger partial charge in [0.15, 0.2) is 5.78 Å². The average molecular weight is 182 g/mol. The molecule has 0 spiro atoms. The van der Waals surface area contributed by atoms with Gasteiger partial charge in [0.05, 0.1) is 13.2 Å². The molecule has 1 fully saturated rings. The Labute approximate surface area is 77.4 Å². The zero-order chi connectivity index (χ0) is 9.42. The summed E-state index contributed by atoms with van der Waals surface area (Å²) < 4.78 is 5.12. The number of carbonyl (C=O) groups is 1. The summed E-state index contributed by atoms with van der Waals surface area (Å²) in [5.41, 5.74) is 0. The third-order valence-electron chi connectivity index (χ3n) is 3.01. The Morgan fingerprint density at radius 3 is 2.77 bits per heavy atom. The zero-order valence-corrected chi connectivity index (χ0v) is 7.69. The molecule has 2 rings (SSSR count). The van der Waals surface area contributed by atoms with Gasteiger partial charge in [0.25, 0.3) is 0 Å². The molecule has 1 saturated carbocycles. The fourth-order valence-electron chi connectivity index (χ4n) is 2.36. The van der Waals surface area contributed by atoms with Crippen LogP contribution in [0.4, 0.5) is 0 Å². The monoisotopic (exact) mass is 182 g/mol. The van der Waals surface area contributed by atoms with Gasteiger partial charge >= 0.3 is 0 Å². The van der Waals surface area contributed by atoms with Crippen molar-refractivity contribution in [3.8, 4) is 0 Å². The second kappa shape index (κ2) is 3.14. The third-order valence-corrected chi connectivity index (χ3v) is 3.01. The number of hydrogen-bond acceptors (Lipinski definition) is 3. The molecule has 0 aromatic heterocycles. The molecule has 0 aromatic carbocycles. The number of aliphatic hydroxyl groups excluding tert-OH is 1. The highest BCUT2D eigenvalue weighted by molar-refractivity contribution is 5.93. The highest BCUT2D eigenvalue weighted by Crippen LogP contribution is 2.38. The van der Waals surface area contributed by atoms with Crippen LogP contribution in [0, 0.1) is 11.8 Å². The first-order chi connectivity index (χ1) is 6.20. The molecular formula is C10H14O3. The van der Waals surface area contributed by atoms with Crippen molar-refractivity contribution in [2.24, 2.45) is 11.8 Å². The maximum atomic E-state index is 11.5. The topological polar surface area (TPSA) is 46.5 Å². The zero-order valence-electron chi connectivity index (χ0n) is 7.69. The fourth-order valence-corrected chi connectivity index (χ4v) is 2.36. The van der Waals surface area contributed by atoms with Crippen LogP contribution < -0.4 is 0 Å². The van der Waals surface area contributed by atoms with Gasteiger partial charge in [-0.15, -0.1) is 0 Å². The Balaban J connectivity index is 2.24. The minimum Gasteiger partial charge on any atom is -0.501 e. The molecule has 0 amide bonds. The minimum absolute atomic E-state index is 0.0349. The van der Waals surface area contributed by atoms with Crippen LogP contribution in [0.5, 0.6) is 0 Å². The third kappa shape index (κ3) is 1.48. The van der Waals surface area contributed by atoms with E-state index in [0.29, 0.717) is 6.42 Å². The summed E-state index contributed by atoms with van der Waals surface area (Å²) in [6.07, 6.45) is 3.50. The summed E-state index contributed by atoms with van der Waals surface area (Å²) in [5, 5.41) is 9.51. The summed E-state index contributed by atoms with van der Waals surface area (Å²) >= 11 is 0. The van der Waals surface area contributed by atoms with Gasteiger partial charge in [-0.3, -0.25) is 4.79 Å². The van der Waals surface area contributed by atoms with Gasteiger partial charge in [-0.2, -0.15) is 0 Å². The predicted molar refractivity (Wildman–Crippen MR) is 46.9 cm³/mol. The molecule has 13 heavy (non-hydrogen) atoms. The SMILES string of the molecule is COC1=CC(=O)[C@H]2C[C@@H](O)C[C@@H]1C2.